The van der Waals surface area contributed by atoms with E-state index in [2.05, 4.69) is 4.98 Å². The maximum atomic E-state index is 14.0. The molecule has 1 aromatic heterocycles. The topological polar surface area (TPSA) is 47.0 Å². The lowest BCUT2D eigenvalue weighted by Crippen LogP contribution is -2.32. The van der Waals surface area contributed by atoms with Crippen LogP contribution in [0, 0.1) is 0 Å². The second kappa shape index (κ2) is 10.3. The summed E-state index contributed by atoms with van der Waals surface area (Å²) in [6.07, 6.45) is 0.374. The first kappa shape index (κ1) is 27.2. The van der Waals surface area contributed by atoms with Gasteiger partial charge in [-0.2, -0.15) is 13.2 Å². The number of fused-ring (bicyclic) bond motifs is 1. The Morgan fingerprint density at radius 1 is 0.923 bits per heavy atom. The molecule has 0 radical (unpaired) electrons. The SMILES string of the molecule is CCS(=O)(=O)C1=CC=C(c2ccccc2)CC1(Cl)c1c(Cc2ccccc2)cnc2c(C(F)(F)F)cccc12. The molecule has 0 aliphatic heterocycles. The summed E-state index contributed by atoms with van der Waals surface area (Å²) < 4.78 is 69.0. The molecule has 1 heterocycles. The fourth-order valence-electron chi connectivity index (χ4n) is 5.20. The number of nitrogens with zero attached hydrogens (tertiary/aromatic N) is 1. The fraction of sp³-hybridized carbons (Fsp3) is 0.194. The van der Waals surface area contributed by atoms with Crippen molar-refractivity contribution in [2.75, 3.05) is 5.75 Å². The number of sulfone groups is 1. The highest BCUT2D eigenvalue weighted by Crippen LogP contribution is 2.52. The standard InChI is InChI=1S/C31H25ClF3NO2S/c1-2-39(37,38)27-17-16-23(22-12-7-4-8-13-22)19-30(27,32)28-24(18-21-10-5-3-6-11-21)20-36-29-25(28)14-9-15-26(29)31(33,34)35/h3-17,20H,2,18-19H2,1H3. The molecule has 1 atom stereocenters. The number of hydrogen-bond donors (Lipinski definition) is 0. The van der Waals surface area contributed by atoms with E-state index in [1.165, 1.54) is 25.3 Å². The average molecular weight is 568 g/mol. The van der Waals surface area contributed by atoms with E-state index in [1.807, 2.05) is 60.7 Å². The highest BCUT2D eigenvalue weighted by molar-refractivity contribution is 7.95. The third-order valence-electron chi connectivity index (χ3n) is 7.04. The van der Waals surface area contributed by atoms with E-state index in [1.54, 1.807) is 12.1 Å². The second-order valence-electron chi connectivity index (χ2n) is 9.49. The molecule has 3 nitrogen and oxygen atoms in total. The van der Waals surface area contributed by atoms with E-state index >= 15 is 0 Å². The van der Waals surface area contributed by atoms with Crippen LogP contribution in [0.2, 0.25) is 0 Å². The molecule has 5 rings (SSSR count). The number of alkyl halides is 4. The van der Waals surface area contributed by atoms with Gasteiger partial charge in [-0.25, -0.2) is 8.42 Å². The number of pyridine rings is 1. The summed E-state index contributed by atoms with van der Waals surface area (Å²) in [5, 5.41) is 0.180. The minimum atomic E-state index is -4.65. The van der Waals surface area contributed by atoms with Gasteiger partial charge < -0.3 is 0 Å². The first-order valence-corrected chi connectivity index (χ1v) is 14.5. The molecule has 1 unspecified atom stereocenters. The van der Waals surface area contributed by atoms with Crippen molar-refractivity contribution >= 4 is 37.9 Å². The van der Waals surface area contributed by atoms with Crippen molar-refractivity contribution in [3.05, 3.63) is 130 Å². The fourth-order valence-corrected chi connectivity index (χ4v) is 7.23. The van der Waals surface area contributed by atoms with E-state index < -0.39 is 26.5 Å². The number of rotatable bonds is 6. The molecule has 1 aliphatic rings. The van der Waals surface area contributed by atoms with Crippen LogP contribution in [0.3, 0.4) is 0 Å². The summed E-state index contributed by atoms with van der Waals surface area (Å²) in [5.41, 5.74) is 2.26. The Labute approximate surface area is 230 Å². The lowest BCUT2D eigenvalue weighted by atomic mass is 9.80. The molecule has 3 aromatic carbocycles. The molecule has 0 spiro atoms. The van der Waals surface area contributed by atoms with Gasteiger partial charge in [0.15, 0.2) is 9.84 Å². The summed E-state index contributed by atoms with van der Waals surface area (Å²) in [6, 6.07) is 22.6. The smallest absolute Gasteiger partial charge is 0.255 e. The third-order valence-corrected chi connectivity index (χ3v) is 9.59. The van der Waals surface area contributed by atoms with Gasteiger partial charge in [-0.15, -0.1) is 11.6 Å². The molecule has 0 bridgehead atoms. The Morgan fingerprint density at radius 3 is 2.23 bits per heavy atom. The van der Waals surface area contributed by atoms with E-state index in [4.69, 9.17) is 11.6 Å². The van der Waals surface area contributed by atoms with Crippen molar-refractivity contribution in [3.63, 3.8) is 0 Å². The van der Waals surface area contributed by atoms with E-state index in [9.17, 15) is 21.6 Å². The van der Waals surface area contributed by atoms with Crippen molar-refractivity contribution in [2.24, 2.45) is 0 Å². The van der Waals surface area contributed by atoms with Gasteiger partial charge in [0.05, 0.1) is 21.7 Å². The lowest BCUT2D eigenvalue weighted by molar-refractivity contribution is -0.136. The molecule has 0 fully saturated rings. The van der Waals surface area contributed by atoms with Crippen molar-refractivity contribution in [3.8, 4) is 0 Å². The van der Waals surface area contributed by atoms with Crippen LogP contribution in [0.4, 0.5) is 13.2 Å². The number of para-hydroxylation sites is 1. The van der Waals surface area contributed by atoms with E-state index in [0.717, 1.165) is 22.8 Å². The Morgan fingerprint density at radius 2 is 1.59 bits per heavy atom. The normalized spacial score (nSPS) is 18.1. The average Bonchev–Trinajstić information content (AvgIpc) is 2.92. The van der Waals surface area contributed by atoms with E-state index in [0.29, 0.717) is 17.5 Å². The van der Waals surface area contributed by atoms with Crippen LogP contribution in [0.15, 0.2) is 102 Å². The highest BCUT2D eigenvalue weighted by Gasteiger charge is 2.45. The molecule has 8 heteroatoms. The van der Waals surface area contributed by atoms with Gasteiger partial charge >= 0.3 is 6.18 Å². The Bertz CT molecular complexity index is 1700. The van der Waals surface area contributed by atoms with E-state index in [-0.39, 0.29) is 28.0 Å². The van der Waals surface area contributed by atoms with Crippen LogP contribution in [0.5, 0.6) is 0 Å². The third kappa shape index (κ3) is 5.13. The maximum Gasteiger partial charge on any atom is 0.418 e. The van der Waals surface area contributed by atoms with Crippen molar-refractivity contribution in [1.29, 1.82) is 0 Å². The zero-order valence-electron chi connectivity index (χ0n) is 21.0. The molecule has 0 N–H and O–H groups in total. The molecule has 4 aromatic rings. The summed E-state index contributed by atoms with van der Waals surface area (Å²) in [7, 11) is -3.84. The highest BCUT2D eigenvalue weighted by atomic mass is 35.5. The number of aromatic nitrogens is 1. The monoisotopic (exact) mass is 567 g/mol. The minimum absolute atomic E-state index is 0.0296. The van der Waals surface area contributed by atoms with Crippen LogP contribution < -0.4 is 0 Å². The summed E-state index contributed by atoms with van der Waals surface area (Å²) in [5.74, 6) is -0.202. The number of halogens is 4. The van der Waals surface area contributed by atoms with Crippen molar-refractivity contribution < 1.29 is 21.6 Å². The molecular weight excluding hydrogens is 543 g/mol. The van der Waals surface area contributed by atoms with Gasteiger partial charge in [0.25, 0.3) is 0 Å². The molecule has 0 saturated carbocycles. The van der Waals surface area contributed by atoms with Crippen LogP contribution >= 0.6 is 11.6 Å². The van der Waals surface area contributed by atoms with Crippen molar-refractivity contribution in [2.45, 2.75) is 30.8 Å². The first-order valence-electron chi connectivity index (χ1n) is 12.4. The zero-order chi connectivity index (χ0) is 27.8. The maximum absolute atomic E-state index is 14.0. The van der Waals surface area contributed by atoms with Gasteiger partial charge in [-0.1, -0.05) is 85.8 Å². The first-order chi connectivity index (χ1) is 18.5. The number of benzene rings is 3. The lowest BCUT2D eigenvalue weighted by Gasteiger charge is -2.36. The van der Waals surface area contributed by atoms with Gasteiger partial charge in [0, 0.05) is 18.0 Å². The molecule has 0 amide bonds. The van der Waals surface area contributed by atoms with Crippen LogP contribution in [-0.4, -0.2) is 19.2 Å². The van der Waals surface area contributed by atoms with Crippen LogP contribution in [0.1, 0.15) is 41.2 Å². The molecule has 200 valence electrons. The van der Waals surface area contributed by atoms with Gasteiger partial charge in [0.2, 0.25) is 0 Å². The zero-order valence-corrected chi connectivity index (χ0v) is 22.6. The van der Waals surface area contributed by atoms with Crippen LogP contribution in [0.25, 0.3) is 16.5 Å². The summed E-state index contributed by atoms with van der Waals surface area (Å²) in [4.78, 5) is 2.56. The molecule has 0 saturated heterocycles. The Hall–Kier alpha value is -3.42. The minimum Gasteiger partial charge on any atom is -0.255 e. The Balaban J connectivity index is 1.84. The predicted molar refractivity (Wildman–Crippen MR) is 150 cm³/mol. The number of hydrogen-bond acceptors (Lipinski definition) is 3. The summed E-state index contributed by atoms with van der Waals surface area (Å²) in [6.45, 7) is 1.53. The number of allylic oxidation sites excluding steroid dienone is 4. The second-order valence-corrected chi connectivity index (χ2v) is 12.4. The largest absolute Gasteiger partial charge is 0.418 e. The summed E-state index contributed by atoms with van der Waals surface area (Å²) >= 11 is 7.49. The van der Waals surface area contributed by atoms with Gasteiger partial charge in [0.1, 0.15) is 4.87 Å². The van der Waals surface area contributed by atoms with Gasteiger partial charge in [-0.3, -0.25) is 4.98 Å². The molecule has 1 aliphatic carbocycles. The Kier molecular flexibility index (Phi) is 7.16. The van der Waals surface area contributed by atoms with Crippen LogP contribution in [-0.2, 0) is 27.3 Å². The van der Waals surface area contributed by atoms with Gasteiger partial charge in [-0.05, 0) is 46.4 Å². The predicted octanol–water partition coefficient (Wildman–Crippen LogP) is 8.08. The molecule has 39 heavy (non-hydrogen) atoms. The quantitative estimate of drug-likeness (QED) is 0.221. The van der Waals surface area contributed by atoms with Crippen molar-refractivity contribution in [1.82, 2.24) is 4.98 Å². The molecular formula is C31H25ClF3NO2S.